The van der Waals surface area contributed by atoms with Crippen LogP contribution in [0.2, 0.25) is 0 Å². The molecule has 2 fully saturated rings. The Morgan fingerprint density at radius 1 is 0.744 bits per heavy atom. The zero-order chi connectivity index (χ0) is 31.3. The fourth-order valence-electron chi connectivity index (χ4n) is 4.84. The topological polar surface area (TPSA) is 269 Å². The molecule has 2 aliphatic heterocycles. The summed E-state index contributed by atoms with van der Waals surface area (Å²) in [5, 5.41) is 101. The number of aliphatic hydroxyl groups is 6. The maximum absolute atomic E-state index is 13.6. The van der Waals surface area contributed by atoms with E-state index in [1.54, 1.807) is 0 Å². The van der Waals surface area contributed by atoms with E-state index in [9.17, 15) is 55.9 Å². The SMILES string of the molecule is C[C@@H]1O[C@@H](OC[C@H]2OC(Oc3c(-c4ccc(O)c(O)c4)oc4cc(O)cc(O)c4c3=O)[C@H](O)[C@@H](O)[C@@H]2O)[C@H](O)[C@H](O)[C@H]1O. The lowest BCUT2D eigenvalue weighted by Crippen LogP contribution is -2.61. The Morgan fingerprint density at radius 2 is 1.42 bits per heavy atom. The Bertz CT molecular complexity index is 1540. The number of aliphatic hydroxyl groups excluding tert-OH is 6. The lowest BCUT2D eigenvalue weighted by molar-refractivity contribution is -0.318. The fraction of sp³-hybridized carbons (Fsp3) is 0.444. The third-order valence-corrected chi connectivity index (χ3v) is 7.29. The molecule has 0 spiro atoms. The molecule has 0 saturated carbocycles. The third-order valence-electron chi connectivity index (χ3n) is 7.29. The van der Waals surface area contributed by atoms with Gasteiger partial charge in [0.2, 0.25) is 17.5 Å². The molecule has 16 heteroatoms. The number of benzene rings is 2. The van der Waals surface area contributed by atoms with Crippen LogP contribution in [0.15, 0.2) is 39.5 Å². The summed E-state index contributed by atoms with van der Waals surface area (Å²) in [6.07, 6.45) is -16.2. The molecular weight excluding hydrogens is 580 g/mol. The second-order valence-corrected chi connectivity index (χ2v) is 10.3. The summed E-state index contributed by atoms with van der Waals surface area (Å²) in [7, 11) is 0. The maximum atomic E-state index is 13.6. The van der Waals surface area contributed by atoms with E-state index in [0.29, 0.717) is 0 Å². The van der Waals surface area contributed by atoms with Crippen LogP contribution in [0.5, 0.6) is 28.7 Å². The molecule has 2 saturated heterocycles. The summed E-state index contributed by atoms with van der Waals surface area (Å²) < 4.78 is 27.8. The van der Waals surface area contributed by atoms with Crippen LogP contribution in [0.25, 0.3) is 22.3 Å². The van der Waals surface area contributed by atoms with Crippen molar-refractivity contribution in [2.24, 2.45) is 0 Å². The molecule has 234 valence electrons. The van der Waals surface area contributed by atoms with Crippen LogP contribution in [-0.2, 0) is 14.2 Å². The van der Waals surface area contributed by atoms with E-state index in [1.165, 1.54) is 13.0 Å². The van der Waals surface area contributed by atoms with Crippen molar-refractivity contribution in [2.45, 2.75) is 68.3 Å². The van der Waals surface area contributed by atoms with E-state index >= 15 is 0 Å². The maximum Gasteiger partial charge on any atom is 0.239 e. The summed E-state index contributed by atoms with van der Waals surface area (Å²) >= 11 is 0. The van der Waals surface area contributed by atoms with Gasteiger partial charge < -0.3 is 74.4 Å². The average Bonchev–Trinajstić information content (AvgIpc) is 2.96. The van der Waals surface area contributed by atoms with Crippen molar-refractivity contribution in [3.05, 3.63) is 40.6 Å². The number of hydrogen-bond acceptors (Lipinski definition) is 16. The van der Waals surface area contributed by atoms with E-state index in [-0.39, 0.29) is 11.1 Å². The number of aromatic hydroxyl groups is 4. The minimum atomic E-state index is -1.97. The summed E-state index contributed by atoms with van der Waals surface area (Å²) in [6, 6.07) is 5.24. The molecule has 10 N–H and O–H groups in total. The monoisotopic (exact) mass is 610 g/mol. The van der Waals surface area contributed by atoms with E-state index in [0.717, 1.165) is 24.3 Å². The van der Waals surface area contributed by atoms with Crippen molar-refractivity contribution in [2.75, 3.05) is 6.61 Å². The molecule has 3 heterocycles. The highest BCUT2D eigenvalue weighted by molar-refractivity contribution is 5.88. The molecule has 16 nitrogen and oxygen atoms in total. The average molecular weight is 611 g/mol. The Kier molecular flexibility index (Phi) is 8.41. The summed E-state index contributed by atoms with van der Waals surface area (Å²) in [4.78, 5) is 13.6. The van der Waals surface area contributed by atoms with Crippen molar-refractivity contribution < 1.29 is 74.4 Å². The van der Waals surface area contributed by atoms with E-state index in [2.05, 4.69) is 0 Å². The van der Waals surface area contributed by atoms with Crippen molar-refractivity contribution in [3.8, 4) is 40.1 Å². The molecule has 0 radical (unpaired) electrons. The number of rotatable bonds is 6. The van der Waals surface area contributed by atoms with Gasteiger partial charge in [0, 0.05) is 17.7 Å². The molecule has 0 aliphatic carbocycles. The zero-order valence-electron chi connectivity index (χ0n) is 22.3. The van der Waals surface area contributed by atoms with Gasteiger partial charge in [-0.25, -0.2) is 0 Å². The lowest BCUT2D eigenvalue weighted by Gasteiger charge is -2.42. The van der Waals surface area contributed by atoms with Gasteiger partial charge in [0.15, 0.2) is 23.5 Å². The number of phenolic OH excluding ortho intramolecular Hbond substituents is 4. The number of ether oxygens (including phenoxy) is 4. The molecule has 0 amide bonds. The van der Waals surface area contributed by atoms with E-state index in [4.69, 9.17) is 23.4 Å². The van der Waals surface area contributed by atoms with Crippen molar-refractivity contribution in [1.29, 1.82) is 0 Å². The molecule has 43 heavy (non-hydrogen) atoms. The molecule has 2 aliphatic rings. The van der Waals surface area contributed by atoms with Gasteiger partial charge in [-0.1, -0.05) is 0 Å². The molecular formula is C27H30O16. The van der Waals surface area contributed by atoms with Gasteiger partial charge >= 0.3 is 0 Å². The first-order valence-corrected chi connectivity index (χ1v) is 13.0. The number of fused-ring (bicyclic) bond motifs is 1. The Morgan fingerprint density at radius 3 is 2.12 bits per heavy atom. The second-order valence-electron chi connectivity index (χ2n) is 10.3. The third kappa shape index (κ3) is 5.67. The van der Waals surface area contributed by atoms with Crippen LogP contribution in [0.1, 0.15) is 6.92 Å². The summed E-state index contributed by atoms with van der Waals surface area (Å²) in [5.74, 6) is -3.33. The van der Waals surface area contributed by atoms with Crippen LogP contribution in [0.3, 0.4) is 0 Å². The molecule has 2 aromatic carbocycles. The summed E-state index contributed by atoms with van der Waals surface area (Å²) in [5.41, 5.74) is -1.35. The fourth-order valence-corrected chi connectivity index (χ4v) is 4.84. The first kappa shape index (κ1) is 30.7. The highest BCUT2D eigenvalue weighted by Gasteiger charge is 2.47. The van der Waals surface area contributed by atoms with Gasteiger partial charge in [0.25, 0.3) is 0 Å². The van der Waals surface area contributed by atoms with Gasteiger partial charge in [-0.15, -0.1) is 0 Å². The van der Waals surface area contributed by atoms with Gasteiger partial charge in [0.05, 0.1) is 12.7 Å². The standard InChI is InChI=1S/C27H30O16/c1-8-17(32)20(35)22(37)26(40-8)39-7-15-18(33)21(36)23(38)27(42-15)43-25-19(34)16-13(31)5-10(28)6-14(16)41-24(25)9-2-3-11(29)12(30)4-9/h2-6,8,15,17-18,20-23,26-33,35-38H,7H2,1H3/t8-,15+,17-,18+,20+,21-,22+,23+,26+,27?/m0/s1. The quantitative estimate of drug-likeness (QED) is 0.140. The molecule has 0 bridgehead atoms. The largest absolute Gasteiger partial charge is 0.508 e. The van der Waals surface area contributed by atoms with E-state index < -0.39 is 113 Å². The van der Waals surface area contributed by atoms with Gasteiger partial charge in [0.1, 0.15) is 65.2 Å². The smallest absolute Gasteiger partial charge is 0.239 e. The van der Waals surface area contributed by atoms with Gasteiger partial charge in [-0.05, 0) is 25.1 Å². The molecule has 10 atom stereocenters. The van der Waals surface area contributed by atoms with Crippen LogP contribution >= 0.6 is 0 Å². The van der Waals surface area contributed by atoms with Crippen LogP contribution in [-0.4, -0.2) is 119 Å². The minimum absolute atomic E-state index is 0.0313. The van der Waals surface area contributed by atoms with Crippen molar-refractivity contribution in [1.82, 2.24) is 0 Å². The predicted octanol–water partition coefficient (Wildman–Crippen LogP) is -1.69. The number of hydrogen-bond donors (Lipinski definition) is 10. The van der Waals surface area contributed by atoms with Gasteiger partial charge in [-0.3, -0.25) is 4.79 Å². The molecule has 1 unspecified atom stereocenters. The van der Waals surface area contributed by atoms with Crippen LogP contribution < -0.4 is 10.2 Å². The van der Waals surface area contributed by atoms with E-state index in [1.807, 2.05) is 0 Å². The first-order valence-electron chi connectivity index (χ1n) is 13.0. The molecule has 5 rings (SSSR count). The Hall–Kier alpha value is -3.71. The van der Waals surface area contributed by atoms with Crippen molar-refractivity contribution in [3.63, 3.8) is 0 Å². The Balaban J connectivity index is 1.48. The van der Waals surface area contributed by atoms with Gasteiger partial charge in [-0.2, -0.15) is 0 Å². The van der Waals surface area contributed by atoms with Crippen molar-refractivity contribution >= 4 is 11.0 Å². The Labute approximate surface area is 241 Å². The van der Waals surface area contributed by atoms with Crippen LogP contribution in [0.4, 0.5) is 0 Å². The molecule has 1 aromatic heterocycles. The number of phenols is 4. The zero-order valence-corrected chi connectivity index (χ0v) is 22.3. The lowest BCUT2D eigenvalue weighted by atomic mass is 9.98. The van der Waals surface area contributed by atoms with Crippen LogP contribution in [0, 0.1) is 0 Å². The second kappa shape index (κ2) is 11.8. The first-order chi connectivity index (χ1) is 20.3. The predicted molar refractivity (Wildman–Crippen MR) is 140 cm³/mol. The normalized spacial score (nSPS) is 33.0. The molecule has 3 aromatic rings. The minimum Gasteiger partial charge on any atom is -0.508 e. The highest BCUT2D eigenvalue weighted by Crippen LogP contribution is 2.39. The summed E-state index contributed by atoms with van der Waals surface area (Å²) in [6.45, 7) is 0.818. The highest BCUT2D eigenvalue weighted by atomic mass is 16.7.